The van der Waals surface area contributed by atoms with Gasteiger partial charge in [-0.25, -0.2) is 0 Å². The number of methoxy groups -OCH3 is 2. The lowest BCUT2D eigenvalue weighted by Gasteiger charge is -2.22. The Balaban J connectivity index is 2.47. The predicted molar refractivity (Wildman–Crippen MR) is 79.5 cm³/mol. The van der Waals surface area contributed by atoms with Crippen LogP contribution >= 0.6 is 0 Å². The minimum Gasteiger partial charge on any atom is -0.399 e. The maximum absolute atomic E-state index is 12.2. The van der Waals surface area contributed by atoms with Crippen molar-refractivity contribution in [1.82, 2.24) is 4.90 Å². The number of anilines is 1. The summed E-state index contributed by atoms with van der Waals surface area (Å²) in [7, 11) is 3.26. The summed E-state index contributed by atoms with van der Waals surface area (Å²) in [5.41, 5.74) is 7.54. The summed E-state index contributed by atoms with van der Waals surface area (Å²) in [4.78, 5) is 14.0. The minimum absolute atomic E-state index is 0.113. The second-order valence-electron chi connectivity index (χ2n) is 4.61. The Bertz CT molecular complexity index is 402. The summed E-state index contributed by atoms with van der Waals surface area (Å²) < 4.78 is 10.1. The van der Waals surface area contributed by atoms with Crippen LogP contribution in [0, 0.1) is 0 Å². The number of aryl methyl sites for hydroxylation is 1. The zero-order chi connectivity index (χ0) is 14.8. The number of hydrogen-bond acceptors (Lipinski definition) is 4. The summed E-state index contributed by atoms with van der Waals surface area (Å²) in [6.45, 7) is 2.26. The summed E-state index contributed by atoms with van der Waals surface area (Å²) in [6.07, 6.45) is 1.16. The van der Waals surface area contributed by atoms with Crippen LogP contribution in [0.4, 0.5) is 5.69 Å². The molecule has 1 rings (SSSR count). The molecule has 0 atom stereocenters. The monoisotopic (exact) mass is 280 g/mol. The lowest BCUT2D eigenvalue weighted by Crippen LogP contribution is -2.36. The third kappa shape index (κ3) is 6.04. The van der Waals surface area contributed by atoms with Gasteiger partial charge in [0.25, 0.3) is 0 Å². The van der Waals surface area contributed by atoms with Crippen LogP contribution < -0.4 is 5.73 Å². The molecule has 0 radical (unpaired) electrons. The van der Waals surface area contributed by atoms with E-state index in [0.29, 0.717) is 39.1 Å². The van der Waals surface area contributed by atoms with Crippen molar-refractivity contribution >= 4 is 11.6 Å². The summed E-state index contributed by atoms with van der Waals surface area (Å²) in [6, 6.07) is 7.64. The van der Waals surface area contributed by atoms with Crippen LogP contribution in [-0.4, -0.2) is 51.3 Å². The fourth-order valence-corrected chi connectivity index (χ4v) is 1.92. The second-order valence-corrected chi connectivity index (χ2v) is 4.61. The van der Waals surface area contributed by atoms with E-state index in [1.54, 1.807) is 19.1 Å². The number of carbonyl (C=O) groups excluding carboxylic acids is 1. The molecule has 0 saturated heterocycles. The van der Waals surface area contributed by atoms with Gasteiger partial charge in [0, 0.05) is 39.4 Å². The molecule has 0 aliphatic carbocycles. The second kappa shape index (κ2) is 9.34. The Kier molecular flexibility index (Phi) is 7.69. The van der Waals surface area contributed by atoms with Crippen LogP contribution in [0.3, 0.4) is 0 Å². The zero-order valence-electron chi connectivity index (χ0n) is 12.3. The molecule has 112 valence electrons. The van der Waals surface area contributed by atoms with Crippen LogP contribution in [0.15, 0.2) is 24.3 Å². The van der Waals surface area contributed by atoms with Crippen LogP contribution in [-0.2, 0) is 20.7 Å². The van der Waals surface area contributed by atoms with Crippen LogP contribution in [0.5, 0.6) is 0 Å². The molecule has 0 aliphatic heterocycles. The van der Waals surface area contributed by atoms with Crippen molar-refractivity contribution in [3.05, 3.63) is 29.8 Å². The topological polar surface area (TPSA) is 64.8 Å². The number of nitrogen functional groups attached to an aromatic ring is 1. The maximum Gasteiger partial charge on any atom is 0.223 e. The normalized spacial score (nSPS) is 10.5. The maximum atomic E-state index is 12.2. The molecular weight excluding hydrogens is 256 g/mol. The first kappa shape index (κ1) is 16.5. The standard InChI is InChI=1S/C15H24N2O3/c1-19-10-8-17(9-11-20-2)15(18)7-6-13-4-3-5-14(16)12-13/h3-5,12H,6-11,16H2,1-2H3. The smallest absolute Gasteiger partial charge is 0.223 e. The van der Waals surface area contributed by atoms with E-state index in [-0.39, 0.29) is 5.91 Å². The first-order valence-electron chi connectivity index (χ1n) is 6.77. The van der Waals surface area contributed by atoms with Crippen molar-refractivity contribution in [2.45, 2.75) is 12.8 Å². The van der Waals surface area contributed by atoms with Crippen molar-refractivity contribution in [3.63, 3.8) is 0 Å². The molecule has 1 aromatic rings. The van der Waals surface area contributed by atoms with Gasteiger partial charge < -0.3 is 20.1 Å². The first-order chi connectivity index (χ1) is 9.67. The number of hydrogen-bond donors (Lipinski definition) is 1. The van der Waals surface area contributed by atoms with Gasteiger partial charge in [0.05, 0.1) is 13.2 Å². The minimum atomic E-state index is 0.113. The molecule has 0 unspecified atom stereocenters. The largest absolute Gasteiger partial charge is 0.399 e. The van der Waals surface area contributed by atoms with Gasteiger partial charge >= 0.3 is 0 Å². The molecule has 1 amide bonds. The van der Waals surface area contributed by atoms with Crippen LogP contribution in [0.25, 0.3) is 0 Å². The lowest BCUT2D eigenvalue weighted by molar-refractivity contribution is -0.132. The van der Waals surface area contributed by atoms with E-state index in [9.17, 15) is 4.79 Å². The number of nitrogens with zero attached hydrogens (tertiary/aromatic N) is 1. The van der Waals surface area contributed by atoms with Gasteiger partial charge in [-0.15, -0.1) is 0 Å². The quantitative estimate of drug-likeness (QED) is 0.693. The van der Waals surface area contributed by atoms with Crippen molar-refractivity contribution in [2.24, 2.45) is 0 Å². The first-order valence-corrected chi connectivity index (χ1v) is 6.77. The highest BCUT2D eigenvalue weighted by molar-refractivity contribution is 5.76. The van der Waals surface area contributed by atoms with E-state index in [2.05, 4.69) is 0 Å². The van der Waals surface area contributed by atoms with Crippen molar-refractivity contribution < 1.29 is 14.3 Å². The summed E-state index contributed by atoms with van der Waals surface area (Å²) in [5, 5.41) is 0. The Morgan fingerprint density at radius 2 is 1.85 bits per heavy atom. The molecule has 0 heterocycles. The van der Waals surface area contributed by atoms with E-state index in [1.165, 1.54) is 0 Å². The average molecular weight is 280 g/mol. The van der Waals surface area contributed by atoms with Crippen molar-refractivity contribution in [3.8, 4) is 0 Å². The molecule has 0 saturated carbocycles. The molecule has 0 aromatic heterocycles. The highest BCUT2D eigenvalue weighted by atomic mass is 16.5. The number of benzene rings is 1. The third-order valence-electron chi connectivity index (χ3n) is 3.06. The molecule has 0 bridgehead atoms. The van der Waals surface area contributed by atoms with Crippen molar-refractivity contribution in [2.75, 3.05) is 46.3 Å². The zero-order valence-corrected chi connectivity index (χ0v) is 12.3. The van der Waals surface area contributed by atoms with Gasteiger partial charge in [-0.2, -0.15) is 0 Å². The molecule has 5 heteroatoms. The van der Waals surface area contributed by atoms with Gasteiger partial charge in [-0.1, -0.05) is 12.1 Å². The lowest BCUT2D eigenvalue weighted by atomic mass is 10.1. The van der Waals surface area contributed by atoms with Crippen LogP contribution in [0.2, 0.25) is 0 Å². The molecular formula is C15H24N2O3. The van der Waals surface area contributed by atoms with E-state index in [0.717, 1.165) is 11.3 Å². The number of amides is 1. The molecule has 0 fully saturated rings. The molecule has 0 spiro atoms. The van der Waals surface area contributed by atoms with Crippen LogP contribution in [0.1, 0.15) is 12.0 Å². The number of carbonyl (C=O) groups is 1. The third-order valence-corrected chi connectivity index (χ3v) is 3.06. The number of ether oxygens (including phenoxy) is 2. The van der Waals surface area contributed by atoms with E-state index < -0.39 is 0 Å². The van der Waals surface area contributed by atoms with Gasteiger partial charge in [-0.05, 0) is 24.1 Å². The van der Waals surface area contributed by atoms with E-state index >= 15 is 0 Å². The molecule has 20 heavy (non-hydrogen) atoms. The fourth-order valence-electron chi connectivity index (χ4n) is 1.92. The highest BCUT2D eigenvalue weighted by Crippen LogP contribution is 2.09. The van der Waals surface area contributed by atoms with Gasteiger partial charge in [0.15, 0.2) is 0 Å². The molecule has 5 nitrogen and oxygen atoms in total. The SMILES string of the molecule is COCCN(CCOC)C(=O)CCc1cccc(N)c1. The Morgan fingerprint density at radius 1 is 1.20 bits per heavy atom. The molecule has 2 N–H and O–H groups in total. The average Bonchev–Trinajstić information content (AvgIpc) is 2.45. The molecule has 1 aromatic carbocycles. The predicted octanol–water partition coefficient (Wildman–Crippen LogP) is 1.32. The summed E-state index contributed by atoms with van der Waals surface area (Å²) >= 11 is 0. The number of nitrogens with two attached hydrogens (primary N) is 1. The molecule has 0 aliphatic rings. The van der Waals surface area contributed by atoms with Gasteiger partial charge in [-0.3, -0.25) is 4.79 Å². The Hall–Kier alpha value is -1.59. The Labute approximate surface area is 120 Å². The van der Waals surface area contributed by atoms with Crippen molar-refractivity contribution in [1.29, 1.82) is 0 Å². The highest BCUT2D eigenvalue weighted by Gasteiger charge is 2.12. The van der Waals surface area contributed by atoms with Gasteiger partial charge in [0.1, 0.15) is 0 Å². The summed E-state index contributed by atoms with van der Waals surface area (Å²) in [5.74, 6) is 0.113. The fraction of sp³-hybridized carbons (Fsp3) is 0.533. The van der Waals surface area contributed by atoms with E-state index in [1.807, 2.05) is 24.3 Å². The Morgan fingerprint density at radius 3 is 2.40 bits per heavy atom. The van der Waals surface area contributed by atoms with Gasteiger partial charge in [0.2, 0.25) is 5.91 Å². The number of rotatable bonds is 9. The van der Waals surface area contributed by atoms with E-state index in [4.69, 9.17) is 15.2 Å².